The van der Waals surface area contributed by atoms with E-state index in [1.165, 1.54) is 30.6 Å². The Bertz CT molecular complexity index is 532. The minimum absolute atomic E-state index is 0.0412. The molecule has 1 saturated carbocycles. The monoisotopic (exact) mass is 304 g/mol. The van der Waals surface area contributed by atoms with Crippen LogP contribution in [-0.4, -0.2) is 35.3 Å². The van der Waals surface area contributed by atoms with E-state index in [1.807, 2.05) is 23.6 Å². The van der Waals surface area contributed by atoms with Crippen molar-refractivity contribution in [2.45, 2.75) is 44.2 Å². The van der Waals surface area contributed by atoms with Crippen molar-refractivity contribution >= 4 is 23.2 Å². The highest BCUT2D eigenvalue weighted by atomic mass is 32.1. The molecule has 0 bridgehead atoms. The van der Waals surface area contributed by atoms with Gasteiger partial charge in [-0.25, -0.2) is 0 Å². The first kappa shape index (κ1) is 14.3. The highest BCUT2D eigenvalue weighted by molar-refractivity contribution is 7.12. The Morgan fingerprint density at radius 1 is 1.24 bits per heavy atom. The van der Waals surface area contributed by atoms with Crippen LogP contribution in [0.25, 0.3) is 0 Å². The average Bonchev–Trinajstić information content (AvgIpc) is 3.19. The fourth-order valence-electron chi connectivity index (χ4n) is 3.03. The summed E-state index contributed by atoms with van der Waals surface area (Å²) in [6, 6.07) is 3.49. The van der Waals surface area contributed by atoms with Gasteiger partial charge in [0, 0.05) is 12.6 Å². The van der Waals surface area contributed by atoms with Crippen LogP contribution in [0.3, 0.4) is 0 Å². The van der Waals surface area contributed by atoms with E-state index in [0.29, 0.717) is 11.4 Å². The highest BCUT2D eigenvalue weighted by Crippen LogP contribution is 2.20. The molecule has 2 heterocycles. The van der Waals surface area contributed by atoms with Crippen LogP contribution in [0.15, 0.2) is 29.7 Å². The van der Waals surface area contributed by atoms with E-state index < -0.39 is 6.04 Å². The molecule has 2 amide bonds. The van der Waals surface area contributed by atoms with Crippen molar-refractivity contribution < 1.29 is 9.59 Å². The van der Waals surface area contributed by atoms with Gasteiger partial charge in [-0.15, -0.1) is 11.3 Å². The third kappa shape index (κ3) is 3.18. The minimum Gasteiger partial charge on any atom is -0.351 e. The van der Waals surface area contributed by atoms with Crippen molar-refractivity contribution in [2.75, 3.05) is 6.54 Å². The summed E-state index contributed by atoms with van der Waals surface area (Å²) in [5.74, 6) is -0.0978. The normalized spacial score (nSPS) is 22.5. The number of hydrogen-bond acceptors (Lipinski definition) is 3. The lowest BCUT2D eigenvalue weighted by atomic mass is 9.95. The molecular weight excluding hydrogens is 284 g/mol. The molecule has 2 aliphatic rings. The van der Waals surface area contributed by atoms with E-state index in [4.69, 9.17) is 0 Å². The lowest BCUT2D eigenvalue weighted by molar-refractivity contribution is -0.124. The molecule has 0 radical (unpaired) electrons. The molecule has 0 unspecified atom stereocenters. The van der Waals surface area contributed by atoms with Crippen LogP contribution in [-0.2, 0) is 4.79 Å². The van der Waals surface area contributed by atoms with Gasteiger partial charge in [0.2, 0.25) is 5.91 Å². The zero-order chi connectivity index (χ0) is 14.7. The van der Waals surface area contributed by atoms with Gasteiger partial charge in [0.15, 0.2) is 0 Å². The summed E-state index contributed by atoms with van der Waals surface area (Å²) in [6.45, 7) is 0.513. The fraction of sp³-hybridized carbons (Fsp3) is 0.500. The van der Waals surface area contributed by atoms with Gasteiger partial charge >= 0.3 is 0 Å². The van der Waals surface area contributed by atoms with E-state index in [1.54, 1.807) is 11.0 Å². The Morgan fingerprint density at radius 2 is 2.05 bits per heavy atom. The maximum Gasteiger partial charge on any atom is 0.265 e. The molecule has 1 aromatic rings. The standard InChI is InChI=1S/C16H20N2O2S/c19-15(17-12-6-2-1-3-7-12)13-8-4-10-18(13)16(20)14-9-5-11-21-14/h4-5,8-9,11-13H,1-3,6-7,10H2,(H,17,19)/t13-/m0/s1. The molecule has 21 heavy (non-hydrogen) atoms. The molecule has 1 atom stereocenters. The van der Waals surface area contributed by atoms with Crippen molar-refractivity contribution in [1.29, 1.82) is 0 Å². The van der Waals surface area contributed by atoms with Gasteiger partial charge < -0.3 is 10.2 Å². The predicted octanol–water partition coefficient (Wildman–Crippen LogP) is 2.58. The molecule has 0 spiro atoms. The van der Waals surface area contributed by atoms with Crippen molar-refractivity contribution in [1.82, 2.24) is 10.2 Å². The van der Waals surface area contributed by atoms with Crippen LogP contribution in [0.1, 0.15) is 41.8 Å². The third-order valence-corrected chi connectivity index (χ3v) is 5.03. The number of thiophene rings is 1. The zero-order valence-electron chi connectivity index (χ0n) is 12.0. The Hall–Kier alpha value is -1.62. The quantitative estimate of drug-likeness (QED) is 0.873. The van der Waals surface area contributed by atoms with E-state index in [9.17, 15) is 9.59 Å². The number of amides is 2. The summed E-state index contributed by atoms with van der Waals surface area (Å²) in [4.78, 5) is 27.2. The molecule has 3 rings (SSSR count). The van der Waals surface area contributed by atoms with Crippen molar-refractivity contribution in [3.63, 3.8) is 0 Å². The summed E-state index contributed by atoms with van der Waals surface area (Å²) in [5.41, 5.74) is 0. The summed E-state index contributed by atoms with van der Waals surface area (Å²) in [6.07, 6.45) is 9.48. The molecule has 1 fully saturated rings. The summed E-state index contributed by atoms with van der Waals surface area (Å²) < 4.78 is 0. The molecule has 1 N–H and O–H groups in total. The number of rotatable bonds is 3. The van der Waals surface area contributed by atoms with E-state index in [0.717, 1.165) is 12.8 Å². The fourth-order valence-corrected chi connectivity index (χ4v) is 3.71. The molecule has 1 aliphatic heterocycles. The maximum absolute atomic E-state index is 12.4. The Labute approximate surface area is 128 Å². The predicted molar refractivity (Wildman–Crippen MR) is 83.3 cm³/mol. The van der Waals surface area contributed by atoms with E-state index >= 15 is 0 Å². The maximum atomic E-state index is 12.4. The Kier molecular flexibility index (Phi) is 4.39. The summed E-state index contributed by atoms with van der Waals surface area (Å²) in [5, 5.41) is 4.99. The van der Waals surface area contributed by atoms with Crippen LogP contribution in [0.4, 0.5) is 0 Å². The molecule has 0 aromatic carbocycles. The highest BCUT2D eigenvalue weighted by Gasteiger charge is 2.32. The lowest BCUT2D eigenvalue weighted by Crippen LogP contribution is -2.49. The number of carbonyl (C=O) groups is 2. The second kappa shape index (κ2) is 6.43. The van der Waals surface area contributed by atoms with Crippen LogP contribution in [0.2, 0.25) is 0 Å². The van der Waals surface area contributed by atoms with Crippen LogP contribution in [0, 0.1) is 0 Å². The van der Waals surface area contributed by atoms with Gasteiger partial charge in [-0.05, 0) is 24.3 Å². The van der Waals surface area contributed by atoms with Crippen molar-refractivity contribution in [2.24, 2.45) is 0 Å². The largest absolute Gasteiger partial charge is 0.351 e. The smallest absolute Gasteiger partial charge is 0.265 e. The third-order valence-electron chi connectivity index (χ3n) is 4.17. The van der Waals surface area contributed by atoms with Gasteiger partial charge in [-0.1, -0.05) is 37.5 Å². The number of nitrogens with one attached hydrogen (secondary N) is 1. The first-order chi connectivity index (χ1) is 10.3. The summed E-state index contributed by atoms with van der Waals surface area (Å²) in [7, 11) is 0. The second-order valence-electron chi connectivity index (χ2n) is 5.65. The minimum atomic E-state index is -0.457. The number of nitrogens with zero attached hydrogens (tertiary/aromatic N) is 1. The molecule has 112 valence electrons. The van der Waals surface area contributed by atoms with E-state index in [2.05, 4.69) is 5.32 Å². The van der Waals surface area contributed by atoms with Gasteiger partial charge in [-0.3, -0.25) is 9.59 Å². The molecule has 1 aliphatic carbocycles. The van der Waals surface area contributed by atoms with Crippen LogP contribution < -0.4 is 5.32 Å². The molecule has 4 nitrogen and oxygen atoms in total. The van der Waals surface area contributed by atoms with Gasteiger partial charge in [0.1, 0.15) is 6.04 Å². The zero-order valence-corrected chi connectivity index (χ0v) is 12.8. The summed E-state index contributed by atoms with van der Waals surface area (Å²) >= 11 is 1.42. The van der Waals surface area contributed by atoms with Crippen LogP contribution >= 0.6 is 11.3 Å². The SMILES string of the molecule is O=C(NC1CCCCC1)[C@@H]1C=CCN1C(=O)c1cccs1. The topological polar surface area (TPSA) is 49.4 Å². The Balaban J connectivity index is 1.64. The average molecular weight is 304 g/mol. The first-order valence-corrected chi connectivity index (χ1v) is 8.45. The van der Waals surface area contributed by atoms with Crippen molar-refractivity contribution in [3.05, 3.63) is 34.5 Å². The first-order valence-electron chi connectivity index (χ1n) is 7.57. The number of hydrogen-bond donors (Lipinski definition) is 1. The molecule has 0 saturated heterocycles. The van der Waals surface area contributed by atoms with Gasteiger partial charge in [-0.2, -0.15) is 0 Å². The second-order valence-corrected chi connectivity index (χ2v) is 6.60. The van der Waals surface area contributed by atoms with Crippen molar-refractivity contribution in [3.8, 4) is 0 Å². The Morgan fingerprint density at radius 3 is 2.76 bits per heavy atom. The van der Waals surface area contributed by atoms with Crippen LogP contribution in [0.5, 0.6) is 0 Å². The molecular formula is C16H20N2O2S. The van der Waals surface area contributed by atoms with E-state index in [-0.39, 0.29) is 17.9 Å². The molecule has 5 heteroatoms. The number of carbonyl (C=O) groups excluding carboxylic acids is 2. The lowest BCUT2D eigenvalue weighted by Gasteiger charge is -2.27. The van der Waals surface area contributed by atoms with Gasteiger partial charge in [0.05, 0.1) is 4.88 Å². The molecule has 1 aromatic heterocycles. The van der Waals surface area contributed by atoms with Gasteiger partial charge in [0.25, 0.3) is 5.91 Å².